The van der Waals surface area contributed by atoms with Crippen LogP contribution in [0.3, 0.4) is 0 Å². The number of aromatic nitrogens is 2. The number of nitrogens with zero attached hydrogens (tertiary/aromatic N) is 3. The van der Waals surface area contributed by atoms with Gasteiger partial charge in [-0.3, -0.25) is 5.84 Å². The number of nitrogens with two attached hydrogens (primary N) is 1. The van der Waals surface area contributed by atoms with Gasteiger partial charge in [0.2, 0.25) is 0 Å². The molecule has 0 aliphatic rings. The Bertz CT molecular complexity index is 1580. The molecule has 0 amide bonds. The molecule has 2 heterocycles. The van der Waals surface area contributed by atoms with Crippen LogP contribution in [-0.2, 0) is 13.2 Å². The summed E-state index contributed by atoms with van der Waals surface area (Å²) in [5.74, 6) is 9.40. The van der Waals surface area contributed by atoms with Crippen molar-refractivity contribution in [1.82, 2.24) is 15.0 Å². The van der Waals surface area contributed by atoms with Crippen molar-refractivity contribution in [3.05, 3.63) is 101 Å². The summed E-state index contributed by atoms with van der Waals surface area (Å²) in [5.41, 5.74) is 3.14. The van der Waals surface area contributed by atoms with Crippen LogP contribution in [0, 0.1) is 5.82 Å². The van der Waals surface area contributed by atoms with E-state index in [2.05, 4.69) is 21.5 Å². The lowest BCUT2D eigenvalue weighted by molar-refractivity contribution is 0.267. The van der Waals surface area contributed by atoms with Gasteiger partial charge in [0.15, 0.2) is 0 Å². The second-order valence-corrected chi connectivity index (χ2v) is 10.3. The molecule has 5 aromatic rings. The van der Waals surface area contributed by atoms with Crippen LogP contribution in [0.25, 0.3) is 22.2 Å². The zero-order valence-electron chi connectivity index (χ0n) is 21.2. The first kappa shape index (κ1) is 27.0. The molecule has 0 saturated heterocycles. The number of hydrazine groups is 1. The van der Waals surface area contributed by atoms with E-state index in [1.165, 1.54) is 18.5 Å². The highest BCUT2D eigenvalue weighted by atomic mass is 35.5. The predicted molar refractivity (Wildman–Crippen MR) is 156 cm³/mol. The summed E-state index contributed by atoms with van der Waals surface area (Å²) >= 11 is 8.24. The normalized spacial score (nSPS) is 11.3. The maximum absolute atomic E-state index is 13.4. The first-order valence-corrected chi connectivity index (χ1v) is 14.0. The van der Waals surface area contributed by atoms with Crippen LogP contribution in [0.1, 0.15) is 11.3 Å². The number of benzene rings is 3. The van der Waals surface area contributed by atoms with E-state index in [4.69, 9.17) is 26.6 Å². The van der Waals surface area contributed by atoms with E-state index in [1.807, 2.05) is 36.4 Å². The summed E-state index contributed by atoms with van der Waals surface area (Å²) in [6.07, 6.45) is 3.57. The summed E-state index contributed by atoms with van der Waals surface area (Å²) in [6, 6.07) is 21.4. The number of anilines is 2. The molecule has 10 heteroatoms. The molecule has 0 unspecified atom stereocenters. The molecule has 7 nitrogen and oxygen atoms in total. The maximum Gasteiger partial charge on any atom is 0.141 e. The Morgan fingerprint density at radius 3 is 2.79 bits per heavy atom. The molecule has 0 aliphatic heterocycles. The van der Waals surface area contributed by atoms with Crippen molar-refractivity contribution in [2.45, 2.75) is 13.2 Å². The number of rotatable bonds is 11. The van der Waals surface area contributed by atoms with Gasteiger partial charge in [0.1, 0.15) is 41.8 Å². The van der Waals surface area contributed by atoms with Crippen molar-refractivity contribution in [2.75, 3.05) is 23.9 Å². The number of fused-ring (bicyclic) bond motifs is 1. The molecular formula is C29H27ClFN5O2S. The fraction of sp³-hybridized carbons (Fsp3) is 0.172. The van der Waals surface area contributed by atoms with E-state index in [-0.39, 0.29) is 12.4 Å². The second kappa shape index (κ2) is 12.5. The van der Waals surface area contributed by atoms with Crippen LogP contribution in [0.4, 0.5) is 15.9 Å². The van der Waals surface area contributed by atoms with Gasteiger partial charge in [-0.25, -0.2) is 19.4 Å². The predicted octanol–water partition coefficient (Wildman–Crippen LogP) is 7.04. The monoisotopic (exact) mass is 563 g/mol. The van der Waals surface area contributed by atoms with Gasteiger partial charge in [-0.15, -0.1) is 0 Å². The second-order valence-electron chi connectivity index (χ2n) is 8.87. The highest BCUT2D eigenvalue weighted by molar-refractivity contribution is 7.98. The smallest absolute Gasteiger partial charge is 0.141 e. The standard InChI is InChI=1S/C29H27ClFN5O2S/c1-39-12-11-36(32)16-23-7-10-27(38-23)20-5-8-26-24(14-20)29(34-18-33-26)35-22-6-9-28(25(30)15-22)37-17-19-3-2-4-21(31)13-19/h2-10,13-15,18H,11-12,16-17,32H2,1H3,(H,33,34,35). The highest BCUT2D eigenvalue weighted by Crippen LogP contribution is 2.33. The van der Waals surface area contributed by atoms with E-state index in [0.29, 0.717) is 23.1 Å². The lowest BCUT2D eigenvalue weighted by Gasteiger charge is -2.13. The molecule has 0 atom stereocenters. The molecule has 3 aromatic carbocycles. The minimum absolute atomic E-state index is 0.208. The molecule has 0 aliphatic carbocycles. The number of halogens is 2. The van der Waals surface area contributed by atoms with Gasteiger partial charge < -0.3 is 14.5 Å². The fourth-order valence-electron chi connectivity index (χ4n) is 4.04. The van der Waals surface area contributed by atoms with Gasteiger partial charge >= 0.3 is 0 Å². The molecule has 0 saturated carbocycles. The Balaban J connectivity index is 1.32. The Hall–Kier alpha value is -3.63. The van der Waals surface area contributed by atoms with Gasteiger partial charge in [-0.1, -0.05) is 23.7 Å². The van der Waals surface area contributed by atoms with Crippen LogP contribution < -0.4 is 15.9 Å². The minimum Gasteiger partial charge on any atom is -0.487 e. The molecular weight excluding hydrogens is 537 g/mol. The van der Waals surface area contributed by atoms with Crippen LogP contribution in [0.5, 0.6) is 5.75 Å². The molecule has 2 aromatic heterocycles. The molecule has 3 N–H and O–H groups in total. The minimum atomic E-state index is -0.307. The van der Waals surface area contributed by atoms with Crippen LogP contribution in [0.15, 0.2) is 83.5 Å². The van der Waals surface area contributed by atoms with Crippen molar-refractivity contribution in [3.8, 4) is 17.1 Å². The van der Waals surface area contributed by atoms with Gasteiger partial charge in [0, 0.05) is 28.9 Å². The Morgan fingerprint density at radius 2 is 1.97 bits per heavy atom. The molecule has 0 radical (unpaired) electrons. The van der Waals surface area contributed by atoms with Gasteiger partial charge in [-0.2, -0.15) is 11.8 Å². The average Bonchev–Trinajstić information content (AvgIpc) is 3.40. The molecule has 39 heavy (non-hydrogen) atoms. The third kappa shape index (κ3) is 6.88. The lowest BCUT2D eigenvalue weighted by atomic mass is 10.1. The summed E-state index contributed by atoms with van der Waals surface area (Å²) in [6.45, 7) is 1.52. The van der Waals surface area contributed by atoms with Crippen molar-refractivity contribution in [2.24, 2.45) is 5.84 Å². The number of thioether (sulfide) groups is 1. The zero-order chi connectivity index (χ0) is 27.2. The number of hydrogen-bond donors (Lipinski definition) is 2. The Labute approximate surface area is 235 Å². The quantitative estimate of drug-likeness (QED) is 0.131. The lowest BCUT2D eigenvalue weighted by Crippen LogP contribution is -2.32. The SMILES string of the molecule is CSCCN(N)Cc1ccc(-c2ccc3ncnc(Nc4ccc(OCc5cccc(F)c5)c(Cl)c4)c3c2)o1. The molecule has 0 spiro atoms. The topological polar surface area (TPSA) is 89.4 Å². The van der Waals surface area contributed by atoms with Gasteiger partial charge in [-0.05, 0) is 72.5 Å². The van der Waals surface area contributed by atoms with Gasteiger partial charge in [0.05, 0.1) is 17.1 Å². The van der Waals surface area contributed by atoms with Crippen LogP contribution in [-0.4, -0.2) is 33.5 Å². The fourth-order valence-corrected chi connectivity index (χ4v) is 4.69. The Kier molecular flexibility index (Phi) is 8.63. The largest absolute Gasteiger partial charge is 0.487 e. The van der Waals surface area contributed by atoms with Crippen molar-refractivity contribution in [3.63, 3.8) is 0 Å². The number of nitrogens with one attached hydrogen (secondary N) is 1. The molecule has 5 rings (SSSR count). The van der Waals surface area contributed by atoms with E-state index < -0.39 is 0 Å². The molecule has 0 fully saturated rings. The first-order valence-electron chi connectivity index (χ1n) is 12.2. The third-order valence-electron chi connectivity index (χ3n) is 6.00. The molecule has 200 valence electrons. The first-order chi connectivity index (χ1) is 19.0. The van der Waals surface area contributed by atoms with Crippen molar-refractivity contribution >= 4 is 45.8 Å². The van der Waals surface area contributed by atoms with Crippen molar-refractivity contribution < 1.29 is 13.5 Å². The number of ether oxygens (including phenoxy) is 1. The van der Waals surface area contributed by atoms with Gasteiger partial charge in [0.25, 0.3) is 0 Å². The van der Waals surface area contributed by atoms with Crippen LogP contribution in [0.2, 0.25) is 5.02 Å². The van der Waals surface area contributed by atoms with Crippen LogP contribution >= 0.6 is 23.4 Å². The summed E-state index contributed by atoms with van der Waals surface area (Å²) < 4.78 is 25.3. The molecule has 0 bridgehead atoms. The number of furan rings is 1. The summed E-state index contributed by atoms with van der Waals surface area (Å²) in [4.78, 5) is 8.86. The average molecular weight is 564 g/mol. The van der Waals surface area contributed by atoms with E-state index in [0.717, 1.165) is 51.5 Å². The van der Waals surface area contributed by atoms with E-state index >= 15 is 0 Å². The zero-order valence-corrected chi connectivity index (χ0v) is 22.8. The van der Waals surface area contributed by atoms with E-state index in [1.54, 1.807) is 41.0 Å². The summed E-state index contributed by atoms with van der Waals surface area (Å²) in [5, 5.41) is 6.33. The van der Waals surface area contributed by atoms with Crippen molar-refractivity contribution in [1.29, 1.82) is 0 Å². The highest BCUT2D eigenvalue weighted by Gasteiger charge is 2.12. The third-order valence-corrected chi connectivity index (χ3v) is 6.89. The summed E-state index contributed by atoms with van der Waals surface area (Å²) in [7, 11) is 0. The van der Waals surface area contributed by atoms with E-state index in [9.17, 15) is 4.39 Å². The Morgan fingerprint density at radius 1 is 1.08 bits per heavy atom. The number of hydrogen-bond acceptors (Lipinski definition) is 8. The maximum atomic E-state index is 13.4.